The fraction of sp³-hybridized carbons (Fsp3) is 0.400. The molecule has 4 rings (SSSR count). The van der Waals surface area contributed by atoms with Gasteiger partial charge in [0.15, 0.2) is 0 Å². The first kappa shape index (κ1) is 22.7. The van der Waals surface area contributed by atoms with Gasteiger partial charge in [-0.05, 0) is 66.3 Å². The van der Waals surface area contributed by atoms with Gasteiger partial charge in [0.05, 0.1) is 21.1 Å². The summed E-state index contributed by atoms with van der Waals surface area (Å²) in [5, 5.41) is 5.49. The molecular formula is C25H28O2S4. The number of unbranched alkanes of at least 4 members (excludes halogenated alkanes) is 1. The third kappa shape index (κ3) is 4.68. The molecule has 0 saturated heterocycles. The molecule has 4 heterocycles. The van der Waals surface area contributed by atoms with Gasteiger partial charge in [0.25, 0.3) is 0 Å². The van der Waals surface area contributed by atoms with Crippen molar-refractivity contribution >= 4 is 61.4 Å². The molecule has 0 amide bonds. The van der Waals surface area contributed by atoms with Crippen LogP contribution in [0, 0.1) is 19.8 Å². The molecule has 1 unspecified atom stereocenters. The van der Waals surface area contributed by atoms with Crippen molar-refractivity contribution in [1.29, 1.82) is 0 Å². The molecule has 2 nitrogen and oxygen atoms in total. The van der Waals surface area contributed by atoms with Gasteiger partial charge in [0.1, 0.15) is 4.88 Å². The first-order valence-corrected chi connectivity index (χ1v) is 14.2. The highest BCUT2D eigenvalue weighted by atomic mass is 32.1. The molecule has 0 aliphatic rings. The fourth-order valence-electron chi connectivity index (χ4n) is 3.72. The van der Waals surface area contributed by atoms with E-state index in [-0.39, 0.29) is 5.97 Å². The summed E-state index contributed by atoms with van der Waals surface area (Å²) in [4.78, 5) is 18.8. The van der Waals surface area contributed by atoms with Crippen molar-refractivity contribution in [3.8, 4) is 19.5 Å². The minimum Gasteiger partial charge on any atom is -0.461 e. The van der Waals surface area contributed by atoms with E-state index in [2.05, 4.69) is 56.7 Å². The molecule has 4 aromatic heterocycles. The van der Waals surface area contributed by atoms with Crippen LogP contribution in [-0.2, 0) is 4.74 Å². The van der Waals surface area contributed by atoms with E-state index in [1.54, 1.807) is 34.0 Å². The van der Waals surface area contributed by atoms with E-state index in [0.29, 0.717) is 17.4 Å². The lowest BCUT2D eigenvalue weighted by atomic mass is 10.0. The summed E-state index contributed by atoms with van der Waals surface area (Å²) in [7, 11) is 0. The predicted octanol–water partition coefficient (Wildman–Crippen LogP) is 9.41. The number of fused-ring (bicyclic) bond motifs is 1. The molecular weight excluding hydrogens is 461 g/mol. The molecule has 0 aliphatic carbocycles. The highest BCUT2D eigenvalue weighted by Gasteiger charge is 2.23. The Labute approximate surface area is 200 Å². The maximum Gasteiger partial charge on any atom is 0.348 e. The van der Waals surface area contributed by atoms with Crippen LogP contribution in [0.2, 0.25) is 0 Å². The Morgan fingerprint density at radius 2 is 1.65 bits per heavy atom. The number of rotatable bonds is 9. The standard InChI is InChI=1S/C25H28O2S4/c1-5-7-8-17(6-2)14-27-25(26)19-13-18-22(20-15(3)9-11-28-20)31-24(23(18)30-19)21-16(4)10-12-29-21/h9-13,17H,5-8,14H2,1-4H3. The Morgan fingerprint density at radius 1 is 0.968 bits per heavy atom. The summed E-state index contributed by atoms with van der Waals surface area (Å²) in [6.45, 7) is 9.23. The Hall–Kier alpha value is -1.47. The molecule has 1 atom stereocenters. The Bertz CT molecular complexity index is 1100. The lowest BCUT2D eigenvalue weighted by molar-refractivity contribution is 0.0434. The fourth-order valence-corrected chi connectivity index (χ4v) is 8.58. The number of esters is 1. The third-order valence-corrected chi connectivity index (χ3v) is 10.5. The second-order valence-electron chi connectivity index (χ2n) is 7.99. The van der Waals surface area contributed by atoms with Gasteiger partial charge in [-0.15, -0.1) is 45.3 Å². The smallest absolute Gasteiger partial charge is 0.348 e. The first-order chi connectivity index (χ1) is 15.0. The van der Waals surface area contributed by atoms with Gasteiger partial charge in [0, 0.05) is 15.1 Å². The monoisotopic (exact) mass is 488 g/mol. The highest BCUT2D eigenvalue weighted by Crippen LogP contribution is 2.51. The summed E-state index contributed by atoms with van der Waals surface area (Å²) in [6.07, 6.45) is 4.55. The zero-order valence-corrected chi connectivity index (χ0v) is 21.7. The number of carbonyl (C=O) groups is 1. The van der Waals surface area contributed by atoms with Crippen LogP contribution < -0.4 is 0 Å². The number of aryl methyl sites for hydroxylation is 2. The molecule has 0 N–H and O–H groups in total. The topological polar surface area (TPSA) is 26.3 Å². The Morgan fingerprint density at radius 3 is 2.23 bits per heavy atom. The van der Waals surface area contributed by atoms with Gasteiger partial charge in [-0.25, -0.2) is 4.79 Å². The second-order valence-corrected chi connectivity index (χ2v) is 11.9. The third-order valence-electron chi connectivity index (χ3n) is 5.72. The number of carbonyl (C=O) groups excluding carboxylic acids is 1. The van der Waals surface area contributed by atoms with E-state index < -0.39 is 0 Å². The zero-order valence-electron chi connectivity index (χ0n) is 18.4. The summed E-state index contributed by atoms with van der Waals surface area (Å²) in [6, 6.07) is 6.41. The largest absolute Gasteiger partial charge is 0.461 e. The van der Waals surface area contributed by atoms with Gasteiger partial charge in [-0.1, -0.05) is 33.1 Å². The van der Waals surface area contributed by atoms with Crippen LogP contribution in [0.5, 0.6) is 0 Å². The van der Waals surface area contributed by atoms with Crippen molar-refractivity contribution in [2.24, 2.45) is 5.92 Å². The molecule has 0 spiro atoms. The summed E-state index contributed by atoms with van der Waals surface area (Å²) >= 11 is 7.00. The van der Waals surface area contributed by atoms with Crippen molar-refractivity contribution < 1.29 is 9.53 Å². The summed E-state index contributed by atoms with van der Waals surface area (Å²) in [5.74, 6) is 0.280. The van der Waals surface area contributed by atoms with Crippen molar-refractivity contribution in [3.05, 3.63) is 45.0 Å². The van der Waals surface area contributed by atoms with Crippen LogP contribution in [0.1, 0.15) is 60.3 Å². The van der Waals surface area contributed by atoms with Gasteiger partial charge in [-0.3, -0.25) is 0 Å². The molecule has 0 aromatic carbocycles. The highest BCUT2D eigenvalue weighted by molar-refractivity contribution is 7.32. The lowest BCUT2D eigenvalue weighted by Crippen LogP contribution is -2.13. The molecule has 0 saturated carbocycles. The van der Waals surface area contributed by atoms with Gasteiger partial charge in [0.2, 0.25) is 0 Å². The lowest BCUT2D eigenvalue weighted by Gasteiger charge is -2.14. The average Bonchev–Trinajstić information content (AvgIpc) is 3.53. The maximum atomic E-state index is 12.9. The van der Waals surface area contributed by atoms with Crippen molar-refractivity contribution in [1.82, 2.24) is 0 Å². The van der Waals surface area contributed by atoms with E-state index in [0.717, 1.165) is 12.8 Å². The molecule has 4 aromatic rings. The van der Waals surface area contributed by atoms with Crippen LogP contribution in [0.3, 0.4) is 0 Å². The van der Waals surface area contributed by atoms with Gasteiger partial charge < -0.3 is 4.74 Å². The zero-order chi connectivity index (χ0) is 22.0. The maximum absolute atomic E-state index is 12.9. The molecule has 0 radical (unpaired) electrons. The number of thiophene rings is 4. The van der Waals surface area contributed by atoms with Crippen LogP contribution in [0.4, 0.5) is 0 Å². The molecule has 31 heavy (non-hydrogen) atoms. The van der Waals surface area contributed by atoms with E-state index >= 15 is 0 Å². The van der Waals surface area contributed by atoms with Crippen LogP contribution in [0.15, 0.2) is 29.0 Å². The van der Waals surface area contributed by atoms with Crippen molar-refractivity contribution in [2.45, 2.75) is 53.4 Å². The van der Waals surface area contributed by atoms with Gasteiger partial charge >= 0.3 is 5.97 Å². The van der Waals surface area contributed by atoms with Crippen molar-refractivity contribution in [2.75, 3.05) is 6.61 Å². The molecule has 164 valence electrons. The normalized spacial score (nSPS) is 12.5. The van der Waals surface area contributed by atoms with Gasteiger partial charge in [-0.2, -0.15) is 0 Å². The predicted molar refractivity (Wildman–Crippen MR) is 139 cm³/mol. The molecule has 0 fully saturated rings. The number of ether oxygens (including phenoxy) is 1. The molecule has 6 heteroatoms. The first-order valence-electron chi connectivity index (χ1n) is 10.9. The Balaban J connectivity index is 1.69. The number of hydrogen-bond donors (Lipinski definition) is 0. The second kappa shape index (κ2) is 9.99. The summed E-state index contributed by atoms with van der Waals surface area (Å²) in [5.41, 5.74) is 2.58. The minimum absolute atomic E-state index is 0.177. The molecule has 0 aliphatic heterocycles. The number of hydrogen-bond acceptors (Lipinski definition) is 6. The van der Waals surface area contributed by atoms with Crippen LogP contribution in [-0.4, -0.2) is 12.6 Å². The quantitative estimate of drug-likeness (QED) is 0.219. The minimum atomic E-state index is -0.177. The summed E-state index contributed by atoms with van der Waals surface area (Å²) < 4.78 is 6.98. The molecule has 0 bridgehead atoms. The van der Waals surface area contributed by atoms with Crippen LogP contribution in [0.25, 0.3) is 29.6 Å². The van der Waals surface area contributed by atoms with E-state index in [1.165, 1.54) is 53.6 Å². The van der Waals surface area contributed by atoms with Crippen molar-refractivity contribution in [3.63, 3.8) is 0 Å². The average molecular weight is 489 g/mol. The van der Waals surface area contributed by atoms with E-state index in [4.69, 9.17) is 4.74 Å². The van der Waals surface area contributed by atoms with E-state index in [9.17, 15) is 4.79 Å². The van der Waals surface area contributed by atoms with Crippen LogP contribution >= 0.6 is 45.3 Å². The Kier molecular flexibility index (Phi) is 7.32. The SMILES string of the molecule is CCCCC(CC)COC(=O)c1cc2c(-c3sccc3C)sc(-c3sccc3C)c2s1. The van der Waals surface area contributed by atoms with E-state index in [1.807, 2.05) is 11.3 Å².